The van der Waals surface area contributed by atoms with Gasteiger partial charge in [-0.3, -0.25) is 0 Å². The number of aromatic hydroxyl groups is 1. The molecular weight excluding hydrogens is 444 g/mol. The minimum Gasteiger partial charge on any atom is -0.507 e. The maximum Gasteiger partial charge on any atom is 0.217 e. The summed E-state index contributed by atoms with van der Waals surface area (Å²) in [5, 5.41) is 18.0. The van der Waals surface area contributed by atoms with Crippen molar-refractivity contribution < 1.29 is 24.1 Å². The highest BCUT2D eigenvalue weighted by Crippen LogP contribution is 2.51. The van der Waals surface area contributed by atoms with Crippen molar-refractivity contribution in [1.29, 1.82) is 0 Å². The highest BCUT2D eigenvalue weighted by atomic mass is 35.5. The van der Waals surface area contributed by atoms with Crippen LogP contribution in [0.3, 0.4) is 0 Å². The lowest BCUT2D eigenvalue weighted by Gasteiger charge is -2.38. The molecule has 0 aliphatic carbocycles. The summed E-state index contributed by atoms with van der Waals surface area (Å²) in [5.41, 5.74) is 3.05. The van der Waals surface area contributed by atoms with Gasteiger partial charge in [-0.25, -0.2) is 5.01 Å². The molecule has 2 unspecified atom stereocenters. The van der Waals surface area contributed by atoms with Gasteiger partial charge in [0, 0.05) is 22.6 Å². The maximum absolute atomic E-state index is 10.6. The molecule has 0 spiro atoms. The molecule has 0 saturated heterocycles. The second kappa shape index (κ2) is 8.41. The molecule has 170 valence electrons. The van der Waals surface area contributed by atoms with Crippen LogP contribution in [0.2, 0.25) is 5.02 Å². The molecule has 2 heterocycles. The van der Waals surface area contributed by atoms with Crippen molar-refractivity contribution in [2.75, 3.05) is 21.3 Å². The summed E-state index contributed by atoms with van der Waals surface area (Å²) in [6, 6.07) is 16.2. The summed E-state index contributed by atoms with van der Waals surface area (Å²) in [4.78, 5) is 0. The van der Waals surface area contributed by atoms with Crippen LogP contribution in [0.4, 0.5) is 0 Å². The van der Waals surface area contributed by atoms with Gasteiger partial charge in [-0.1, -0.05) is 17.7 Å². The topological polar surface area (TPSA) is 72.8 Å². The van der Waals surface area contributed by atoms with E-state index in [1.54, 1.807) is 45.6 Å². The van der Waals surface area contributed by atoms with E-state index in [0.717, 1.165) is 22.6 Å². The van der Waals surface area contributed by atoms with E-state index < -0.39 is 6.23 Å². The lowest BCUT2D eigenvalue weighted by Crippen LogP contribution is -2.34. The van der Waals surface area contributed by atoms with Crippen LogP contribution in [0.15, 0.2) is 59.7 Å². The number of hydrazone groups is 1. The number of phenols is 1. The molecule has 0 fully saturated rings. The molecule has 0 bridgehead atoms. The first-order valence-corrected chi connectivity index (χ1v) is 10.8. The van der Waals surface area contributed by atoms with Crippen LogP contribution < -0.4 is 18.9 Å². The molecule has 3 aromatic rings. The van der Waals surface area contributed by atoms with E-state index in [2.05, 4.69) is 0 Å². The Morgan fingerprint density at radius 1 is 1.00 bits per heavy atom. The quantitative estimate of drug-likeness (QED) is 0.549. The van der Waals surface area contributed by atoms with Crippen LogP contribution in [0.1, 0.15) is 35.4 Å². The molecule has 0 radical (unpaired) electrons. The van der Waals surface area contributed by atoms with Gasteiger partial charge in [-0.15, -0.1) is 0 Å². The van der Waals surface area contributed by atoms with Gasteiger partial charge in [-0.05, 0) is 48.5 Å². The third kappa shape index (κ3) is 3.58. The second-order valence-electron chi connectivity index (χ2n) is 7.76. The number of benzene rings is 3. The number of hydrogen-bond acceptors (Lipinski definition) is 7. The molecule has 33 heavy (non-hydrogen) atoms. The number of methoxy groups -OCH3 is 3. The Labute approximate surface area is 196 Å². The number of fused-ring (bicyclic) bond motifs is 3. The van der Waals surface area contributed by atoms with Crippen molar-refractivity contribution in [3.05, 3.63) is 76.3 Å². The van der Waals surface area contributed by atoms with Crippen molar-refractivity contribution >= 4 is 17.3 Å². The molecule has 0 aromatic heterocycles. The second-order valence-corrected chi connectivity index (χ2v) is 8.20. The number of phenolic OH excluding ortho intramolecular Hbond substituents is 1. The molecule has 5 rings (SSSR count). The van der Waals surface area contributed by atoms with Gasteiger partial charge >= 0.3 is 0 Å². The lowest BCUT2D eigenvalue weighted by molar-refractivity contribution is -0.0205. The zero-order chi connectivity index (χ0) is 23.1. The highest BCUT2D eigenvalue weighted by molar-refractivity contribution is 6.30. The average Bonchev–Trinajstić information content (AvgIpc) is 3.29. The van der Waals surface area contributed by atoms with Gasteiger partial charge in [0.2, 0.25) is 6.23 Å². The van der Waals surface area contributed by atoms with Gasteiger partial charge < -0.3 is 24.1 Å². The number of rotatable bonds is 5. The first-order valence-electron chi connectivity index (χ1n) is 10.4. The number of ether oxygens (including phenoxy) is 4. The Balaban J connectivity index is 1.65. The van der Waals surface area contributed by atoms with Crippen molar-refractivity contribution in [1.82, 2.24) is 5.01 Å². The number of hydrogen-bond donors (Lipinski definition) is 1. The SMILES string of the molecule is COc1ccc(O)c(C2=NN3C(C2)c2cc(Cl)ccc2OC3c2cccc(OC)c2OC)c1. The third-order valence-electron chi connectivity index (χ3n) is 5.97. The van der Waals surface area contributed by atoms with Crippen molar-refractivity contribution in [2.45, 2.75) is 18.7 Å². The maximum atomic E-state index is 10.6. The Morgan fingerprint density at radius 2 is 1.85 bits per heavy atom. The minimum atomic E-state index is -0.570. The normalized spacial score (nSPS) is 18.7. The van der Waals surface area contributed by atoms with E-state index in [1.165, 1.54) is 0 Å². The molecule has 0 saturated carbocycles. The molecule has 2 aliphatic heterocycles. The number of para-hydroxylation sites is 1. The zero-order valence-electron chi connectivity index (χ0n) is 18.4. The fourth-order valence-corrected chi connectivity index (χ4v) is 4.59. The van der Waals surface area contributed by atoms with E-state index in [-0.39, 0.29) is 11.8 Å². The van der Waals surface area contributed by atoms with Crippen LogP contribution in [-0.4, -0.2) is 37.2 Å². The van der Waals surface area contributed by atoms with E-state index in [1.807, 2.05) is 35.3 Å². The summed E-state index contributed by atoms with van der Waals surface area (Å²) < 4.78 is 23.0. The van der Waals surface area contributed by atoms with Gasteiger partial charge in [0.05, 0.1) is 38.6 Å². The summed E-state index contributed by atoms with van der Waals surface area (Å²) in [6.07, 6.45) is -0.0146. The predicted octanol–water partition coefficient (Wildman–Crippen LogP) is 5.31. The van der Waals surface area contributed by atoms with Crippen LogP contribution >= 0.6 is 11.6 Å². The predicted molar refractivity (Wildman–Crippen MR) is 125 cm³/mol. The zero-order valence-corrected chi connectivity index (χ0v) is 19.2. The van der Waals surface area contributed by atoms with Crippen molar-refractivity contribution in [2.24, 2.45) is 5.10 Å². The Bertz CT molecular complexity index is 1250. The molecule has 8 heteroatoms. The Morgan fingerprint density at radius 3 is 2.61 bits per heavy atom. The van der Waals surface area contributed by atoms with Crippen LogP contribution in [0, 0.1) is 0 Å². The first-order chi connectivity index (χ1) is 16.0. The van der Waals surface area contributed by atoms with Gasteiger partial charge in [0.1, 0.15) is 17.2 Å². The van der Waals surface area contributed by atoms with Gasteiger partial charge in [0.15, 0.2) is 11.5 Å². The minimum absolute atomic E-state index is 0.136. The lowest BCUT2D eigenvalue weighted by atomic mass is 9.95. The summed E-state index contributed by atoms with van der Waals surface area (Å²) in [5.74, 6) is 2.68. The summed E-state index contributed by atoms with van der Waals surface area (Å²) in [7, 11) is 4.79. The number of nitrogens with zero attached hydrogens (tertiary/aromatic N) is 2. The molecule has 1 N–H and O–H groups in total. The first kappa shape index (κ1) is 21.3. The molecule has 0 amide bonds. The average molecular weight is 467 g/mol. The summed E-state index contributed by atoms with van der Waals surface area (Å²) >= 11 is 6.32. The van der Waals surface area contributed by atoms with Gasteiger partial charge in [0.25, 0.3) is 0 Å². The fourth-order valence-electron chi connectivity index (χ4n) is 4.41. The molecule has 7 nitrogen and oxygen atoms in total. The molecule has 2 atom stereocenters. The Kier molecular flexibility index (Phi) is 5.42. The standard InChI is InChI=1S/C25H23ClN2O5/c1-30-15-8-9-21(29)17(12-15)19-13-20-18-11-14(26)7-10-22(18)33-25(28(20)27-19)16-5-4-6-23(31-2)24(16)32-3/h4-12,20,25,29H,13H2,1-3H3. The van der Waals surface area contributed by atoms with Crippen molar-refractivity contribution in [3.8, 4) is 28.7 Å². The molecular formula is C25H23ClN2O5. The fraction of sp³-hybridized carbons (Fsp3) is 0.240. The van der Waals surface area contributed by atoms with Gasteiger partial charge in [-0.2, -0.15) is 5.10 Å². The van der Waals surface area contributed by atoms with E-state index >= 15 is 0 Å². The number of halogens is 1. The molecule has 2 aliphatic rings. The summed E-state index contributed by atoms with van der Waals surface area (Å²) in [6.45, 7) is 0. The monoisotopic (exact) mass is 466 g/mol. The van der Waals surface area contributed by atoms with Crippen molar-refractivity contribution in [3.63, 3.8) is 0 Å². The van der Waals surface area contributed by atoms with E-state index in [4.69, 9.17) is 35.6 Å². The van der Waals surface area contributed by atoms with Crippen LogP contribution in [-0.2, 0) is 0 Å². The third-order valence-corrected chi connectivity index (χ3v) is 6.20. The Hall–Kier alpha value is -3.58. The van der Waals surface area contributed by atoms with Crippen LogP contribution in [0.5, 0.6) is 28.7 Å². The largest absolute Gasteiger partial charge is 0.507 e. The van der Waals surface area contributed by atoms with E-state index in [9.17, 15) is 5.11 Å². The van der Waals surface area contributed by atoms with E-state index in [0.29, 0.717) is 34.3 Å². The highest BCUT2D eigenvalue weighted by Gasteiger charge is 2.42. The molecule has 3 aromatic carbocycles. The smallest absolute Gasteiger partial charge is 0.217 e. The van der Waals surface area contributed by atoms with Crippen LogP contribution in [0.25, 0.3) is 0 Å².